The van der Waals surface area contributed by atoms with Crippen LogP contribution in [-0.2, 0) is 31.3 Å². The van der Waals surface area contributed by atoms with E-state index in [2.05, 4.69) is 17.0 Å². The summed E-state index contributed by atoms with van der Waals surface area (Å²) < 4.78 is 41.7. The predicted molar refractivity (Wildman–Crippen MR) is 165 cm³/mol. The summed E-state index contributed by atoms with van der Waals surface area (Å²) in [6.45, 7) is 4.14. The lowest BCUT2D eigenvalue weighted by molar-refractivity contribution is -0.146. The molecule has 0 radical (unpaired) electrons. The maximum atomic E-state index is 12.0. The van der Waals surface area contributed by atoms with Crippen LogP contribution in [0.5, 0.6) is 5.75 Å². The minimum Gasteiger partial charge on any atom is -0.490 e. The standard InChI is InChI=1S/C32H41ClN2O7S/c1-20-13-25(40-11-12-43(34,38)39)16-30(42-20)26-7-4-23(26)17-35-18-32(10-2-3-21-14-24(33)6-8-27(21)32)19-41-29-9-5-22(31(36)37)15-28(29)35/h5-6,8-9,14-15,20,23,25-26,30H,2-4,7,10-13,16-19H2,1H3,(H,36,37)(H2,34,38,39)/t20-,23-,25+,26+,30-,32-/m0/s1. The Hall–Kier alpha value is -2.37. The molecule has 3 N–H and O–H groups in total. The molecule has 9 nitrogen and oxygen atoms in total. The second-order valence-corrected chi connectivity index (χ2v) is 15.1. The Labute approximate surface area is 258 Å². The van der Waals surface area contributed by atoms with E-state index >= 15 is 0 Å². The van der Waals surface area contributed by atoms with E-state index in [0.29, 0.717) is 24.2 Å². The summed E-state index contributed by atoms with van der Waals surface area (Å²) in [4.78, 5) is 14.3. The molecule has 0 aromatic heterocycles. The number of halogens is 1. The van der Waals surface area contributed by atoms with Gasteiger partial charge in [0.15, 0.2) is 0 Å². The van der Waals surface area contributed by atoms with Gasteiger partial charge in [0.05, 0.1) is 48.5 Å². The summed E-state index contributed by atoms with van der Waals surface area (Å²) in [5, 5.41) is 15.7. The van der Waals surface area contributed by atoms with Crippen LogP contribution >= 0.6 is 11.6 Å². The van der Waals surface area contributed by atoms with Crippen molar-refractivity contribution in [1.82, 2.24) is 0 Å². The first-order chi connectivity index (χ1) is 20.5. The molecule has 234 valence electrons. The summed E-state index contributed by atoms with van der Waals surface area (Å²) >= 11 is 6.39. The van der Waals surface area contributed by atoms with Gasteiger partial charge in [-0.1, -0.05) is 17.7 Å². The van der Waals surface area contributed by atoms with Gasteiger partial charge in [-0.3, -0.25) is 0 Å². The van der Waals surface area contributed by atoms with Gasteiger partial charge in [0, 0.05) is 29.9 Å². The van der Waals surface area contributed by atoms with Crippen molar-refractivity contribution in [2.75, 3.05) is 37.0 Å². The maximum absolute atomic E-state index is 12.0. The minimum atomic E-state index is -3.57. The molecule has 2 aliphatic carbocycles. The van der Waals surface area contributed by atoms with Crippen molar-refractivity contribution in [1.29, 1.82) is 0 Å². The van der Waals surface area contributed by atoms with Crippen molar-refractivity contribution in [3.63, 3.8) is 0 Å². The number of hydrogen-bond acceptors (Lipinski definition) is 7. The normalized spacial score (nSPS) is 30.5. The molecule has 2 fully saturated rings. The number of carboxylic acid groups (broad SMARTS) is 1. The van der Waals surface area contributed by atoms with Crippen molar-refractivity contribution in [3.05, 3.63) is 58.1 Å². The number of fused-ring (bicyclic) bond motifs is 3. The second kappa shape index (κ2) is 12.2. The number of nitrogens with two attached hydrogens (primary N) is 1. The van der Waals surface area contributed by atoms with Gasteiger partial charge in [0.1, 0.15) is 5.75 Å². The smallest absolute Gasteiger partial charge is 0.335 e. The number of carbonyl (C=O) groups is 1. The van der Waals surface area contributed by atoms with Crippen molar-refractivity contribution in [2.24, 2.45) is 17.0 Å². The number of hydrogen-bond donors (Lipinski definition) is 2. The Bertz CT molecular complexity index is 1470. The zero-order valence-electron chi connectivity index (χ0n) is 24.5. The van der Waals surface area contributed by atoms with Crippen LogP contribution in [0.15, 0.2) is 36.4 Å². The first-order valence-electron chi connectivity index (χ1n) is 15.3. The lowest BCUT2D eigenvalue weighted by atomic mass is 9.67. The van der Waals surface area contributed by atoms with E-state index in [-0.39, 0.29) is 41.7 Å². The number of nitrogens with zero attached hydrogens (tertiary/aromatic N) is 1. The Morgan fingerprint density at radius 1 is 1.21 bits per heavy atom. The highest BCUT2D eigenvalue weighted by atomic mass is 35.5. The number of anilines is 1. The summed E-state index contributed by atoms with van der Waals surface area (Å²) in [7, 11) is -3.57. The van der Waals surface area contributed by atoms with Crippen LogP contribution in [-0.4, -0.2) is 69.9 Å². The van der Waals surface area contributed by atoms with Crippen LogP contribution in [0, 0.1) is 11.8 Å². The van der Waals surface area contributed by atoms with E-state index in [0.717, 1.165) is 68.7 Å². The van der Waals surface area contributed by atoms with Crippen LogP contribution in [0.1, 0.15) is 66.9 Å². The molecule has 1 saturated heterocycles. The number of carboxylic acids is 1. The van der Waals surface area contributed by atoms with Crippen LogP contribution in [0.2, 0.25) is 5.02 Å². The highest BCUT2D eigenvalue weighted by Gasteiger charge is 2.46. The molecule has 1 spiro atoms. The van der Waals surface area contributed by atoms with Crippen molar-refractivity contribution < 1.29 is 32.5 Å². The van der Waals surface area contributed by atoms with Gasteiger partial charge < -0.3 is 24.2 Å². The third-order valence-electron chi connectivity index (χ3n) is 9.91. The van der Waals surface area contributed by atoms with Crippen LogP contribution in [0.4, 0.5) is 5.69 Å². The van der Waals surface area contributed by atoms with Crippen LogP contribution in [0.3, 0.4) is 0 Å². The number of aryl methyl sites for hydroxylation is 1. The minimum absolute atomic E-state index is 0.0127. The molecule has 43 heavy (non-hydrogen) atoms. The first-order valence-corrected chi connectivity index (χ1v) is 17.4. The Morgan fingerprint density at radius 3 is 2.79 bits per heavy atom. The number of rotatable bonds is 8. The summed E-state index contributed by atoms with van der Waals surface area (Å²) in [6.07, 6.45) is 6.49. The number of aromatic carboxylic acids is 1. The zero-order chi connectivity index (χ0) is 30.4. The fourth-order valence-corrected chi connectivity index (χ4v) is 8.24. The first kappa shape index (κ1) is 30.6. The molecule has 6 atom stereocenters. The summed E-state index contributed by atoms with van der Waals surface area (Å²) in [5.74, 6) is 0.242. The van der Waals surface area contributed by atoms with E-state index in [1.165, 1.54) is 11.1 Å². The molecule has 6 rings (SSSR count). The zero-order valence-corrected chi connectivity index (χ0v) is 26.1. The lowest BCUT2D eigenvalue weighted by Crippen LogP contribution is -2.51. The molecule has 2 heterocycles. The average Bonchev–Trinajstić information content (AvgIpc) is 3.07. The fraction of sp³-hybridized carbons (Fsp3) is 0.594. The summed E-state index contributed by atoms with van der Waals surface area (Å²) in [6, 6.07) is 11.4. The highest BCUT2D eigenvalue weighted by Crippen LogP contribution is 2.47. The van der Waals surface area contributed by atoms with E-state index in [1.807, 2.05) is 13.0 Å². The molecule has 2 aliphatic heterocycles. The highest BCUT2D eigenvalue weighted by molar-refractivity contribution is 7.89. The molecule has 0 amide bonds. The van der Waals surface area contributed by atoms with Crippen LogP contribution in [0.25, 0.3) is 0 Å². The van der Waals surface area contributed by atoms with Gasteiger partial charge in [-0.05, 0) is 98.7 Å². The van der Waals surface area contributed by atoms with Gasteiger partial charge >= 0.3 is 5.97 Å². The third kappa shape index (κ3) is 6.68. The van der Waals surface area contributed by atoms with E-state index in [1.54, 1.807) is 18.2 Å². The second-order valence-electron chi connectivity index (χ2n) is 12.9. The molecular formula is C32H41ClN2O7S. The fourth-order valence-electron chi connectivity index (χ4n) is 7.72. The maximum Gasteiger partial charge on any atom is 0.335 e. The molecule has 1 saturated carbocycles. The lowest BCUT2D eigenvalue weighted by Gasteiger charge is -2.48. The van der Waals surface area contributed by atoms with Crippen molar-refractivity contribution in [2.45, 2.75) is 75.6 Å². The molecule has 0 unspecified atom stereocenters. The van der Waals surface area contributed by atoms with Gasteiger partial charge in [-0.15, -0.1) is 0 Å². The molecule has 11 heteroatoms. The molecule has 2 aromatic rings. The number of ether oxygens (including phenoxy) is 3. The average molecular weight is 633 g/mol. The van der Waals surface area contributed by atoms with E-state index in [4.69, 9.17) is 31.0 Å². The SMILES string of the molecule is C[C@H]1C[C@@H](OCCS(N)(=O)=O)C[C@@H]([C@@H]2CC[C@H]2CN2C[C@@]3(CCCc4cc(Cl)ccc43)COc3ccc(C(=O)O)cc32)O1. The Morgan fingerprint density at radius 2 is 2.05 bits per heavy atom. The van der Waals surface area contributed by atoms with E-state index in [9.17, 15) is 18.3 Å². The van der Waals surface area contributed by atoms with Gasteiger partial charge in [0.2, 0.25) is 10.0 Å². The number of sulfonamides is 1. The van der Waals surface area contributed by atoms with Crippen molar-refractivity contribution >= 4 is 33.3 Å². The van der Waals surface area contributed by atoms with Gasteiger partial charge in [-0.2, -0.15) is 0 Å². The van der Waals surface area contributed by atoms with E-state index < -0.39 is 16.0 Å². The molecular weight excluding hydrogens is 592 g/mol. The molecule has 4 aliphatic rings. The predicted octanol–water partition coefficient (Wildman–Crippen LogP) is 4.78. The van der Waals surface area contributed by atoms with Crippen LogP contribution < -0.4 is 14.8 Å². The topological polar surface area (TPSA) is 128 Å². The third-order valence-corrected chi connectivity index (χ3v) is 10.9. The Kier molecular flexibility index (Phi) is 8.69. The van der Waals surface area contributed by atoms with Gasteiger partial charge in [0.25, 0.3) is 0 Å². The quantitative estimate of drug-likeness (QED) is 0.426. The van der Waals surface area contributed by atoms with Crippen molar-refractivity contribution in [3.8, 4) is 5.75 Å². The monoisotopic (exact) mass is 632 g/mol. The largest absolute Gasteiger partial charge is 0.490 e. The number of primary sulfonamides is 1. The van der Waals surface area contributed by atoms with Gasteiger partial charge in [-0.25, -0.2) is 18.4 Å². The number of benzene rings is 2. The molecule has 0 bridgehead atoms. The summed E-state index contributed by atoms with van der Waals surface area (Å²) in [5.41, 5.74) is 3.37. The Balaban J connectivity index is 1.25. The molecule has 2 aromatic carbocycles.